The highest BCUT2D eigenvalue weighted by Crippen LogP contribution is 2.39. The van der Waals surface area contributed by atoms with Crippen LogP contribution in [-0.2, 0) is 16.0 Å². The maximum Gasteiger partial charge on any atom is 0.446 e. The molecular formula is C24H26F5N3O3S. The Bertz CT molecular complexity index is 1110. The first-order valence-electron chi connectivity index (χ1n) is 11.1. The summed E-state index contributed by atoms with van der Waals surface area (Å²) in [4.78, 5) is 24.7. The average molecular weight is 532 g/mol. The van der Waals surface area contributed by atoms with E-state index in [1.54, 1.807) is 19.9 Å². The van der Waals surface area contributed by atoms with E-state index in [0.717, 1.165) is 12.1 Å². The van der Waals surface area contributed by atoms with E-state index >= 15 is 0 Å². The minimum atomic E-state index is -4.63. The summed E-state index contributed by atoms with van der Waals surface area (Å²) < 4.78 is 71.1. The molecule has 0 saturated carbocycles. The molecule has 0 bridgehead atoms. The van der Waals surface area contributed by atoms with E-state index in [0.29, 0.717) is 11.1 Å². The van der Waals surface area contributed by atoms with Crippen LogP contribution in [-0.4, -0.2) is 36.6 Å². The van der Waals surface area contributed by atoms with Crippen LogP contribution in [0.2, 0.25) is 0 Å². The second-order valence-electron chi connectivity index (χ2n) is 8.68. The number of thioether (sulfide) groups is 1. The van der Waals surface area contributed by atoms with E-state index in [-0.39, 0.29) is 30.4 Å². The highest BCUT2D eigenvalue weighted by molar-refractivity contribution is 8.00. The van der Waals surface area contributed by atoms with Crippen LogP contribution in [0.25, 0.3) is 0 Å². The van der Waals surface area contributed by atoms with E-state index in [1.165, 1.54) is 25.3 Å². The second kappa shape index (κ2) is 11.5. The van der Waals surface area contributed by atoms with E-state index in [2.05, 4.69) is 16.0 Å². The molecular weight excluding hydrogens is 505 g/mol. The first-order chi connectivity index (χ1) is 16.9. The normalized spacial score (nSPS) is 19.1. The molecule has 2 aromatic carbocycles. The minimum absolute atomic E-state index is 0.0813. The molecule has 6 nitrogen and oxygen atoms in total. The molecule has 1 fully saturated rings. The molecule has 36 heavy (non-hydrogen) atoms. The number of halogens is 5. The van der Waals surface area contributed by atoms with Gasteiger partial charge in [0.05, 0.1) is 36.7 Å². The van der Waals surface area contributed by atoms with Crippen molar-refractivity contribution in [2.24, 2.45) is 5.92 Å². The van der Waals surface area contributed by atoms with Crippen molar-refractivity contribution in [1.29, 1.82) is 0 Å². The fourth-order valence-corrected chi connectivity index (χ4v) is 4.48. The Morgan fingerprint density at radius 1 is 1.17 bits per heavy atom. The summed E-state index contributed by atoms with van der Waals surface area (Å²) in [6.45, 7) is 3.53. The van der Waals surface area contributed by atoms with Crippen molar-refractivity contribution >= 4 is 23.6 Å². The number of alkyl halides is 3. The van der Waals surface area contributed by atoms with Gasteiger partial charge in [-0.05, 0) is 53.1 Å². The molecule has 1 saturated heterocycles. The minimum Gasteiger partial charge on any atom is -0.494 e. The Morgan fingerprint density at radius 2 is 1.89 bits per heavy atom. The van der Waals surface area contributed by atoms with Gasteiger partial charge >= 0.3 is 5.51 Å². The maximum atomic E-state index is 14.3. The Labute approximate surface area is 209 Å². The summed E-state index contributed by atoms with van der Waals surface area (Å²) in [5, 5.41) is 8.51. The Kier molecular flexibility index (Phi) is 8.83. The van der Waals surface area contributed by atoms with Crippen molar-refractivity contribution in [2.75, 3.05) is 7.11 Å². The van der Waals surface area contributed by atoms with Gasteiger partial charge in [-0.15, -0.1) is 0 Å². The zero-order valence-electron chi connectivity index (χ0n) is 19.7. The van der Waals surface area contributed by atoms with Crippen LogP contribution < -0.4 is 20.7 Å². The molecule has 0 radical (unpaired) electrons. The zero-order chi connectivity index (χ0) is 26.6. The van der Waals surface area contributed by atoms with E-state index in [1.807, 2.05) is 0 Å². The van der Waals surface area contributed by atoms with Crippen molar-refractivity contribution in [2.45, 2.75) is 55.3 Å². The Morgan fingerprint density at radius 3 is 2.47 bits per heavy atom. The molecule has 3 atom stereocenters. The van der Waals surface area contributed by atoms with E-state index in [9.17, 15) is 31.5 Å². The van der Waals surface area contributed by atoms with Gasteiger partial charge in [0.15, 0.2) is 11.6 Å². The van der Waals surface area contributed by atoms with Crippen LogP contribution in [0.15, 0.2) is 41.3 Å². The lowest BCUT2D eigenvalue weighted by molar-refractivity contribution is -0.132. The summed E-state index contributed by atoms with van der Waals surface area (Å²) >= 11 is -0.550. The Balaban J connectivity index is 1.71. The molecule has 12 heteroatoms. The summed E-state index contributed by atoms with van der Waals surface area (Å²) in [5.41, 5.74) is -3.76. The first kappa shape index (κ1) is 27.7. The molecule has 1 heterocycles. The average Bonchev–Trinajstić information content (AvgIpc) is 2.77. The second-order valence-corrected chi connectivity index (χ2v) is 9.79. The third-order valence-corrected chi connectivity index (χ3v) is 6.39. The van der Waals surface area contributed by atoms with Crippen LogP contribution in [0, 0.1) is 17.6 Å². The summed E-state index contributed by atoms with van der Waals surface area (Å²) in [7, 11) is 1.35. The van der Waals surface area contributed by atoms with Gasteiger partial charge in [-0.25, -0.2) is 8.78 Å². The van der Waals surface area contributed by atoms with Crippen molar-refractivity contribution in [3.05, 3.63) is 59.2 Å². The number of ether oxygens (including phenoxy) is 1. The Hall–Kier alpha value is -2.86. The molecule has 0 aromatic heterocycles. The number of nitrogens with one attached hydrogen (secondary N) is 3. The number of carbonyl (C=O) groups is 2. The highest BCUT2D eigenvalue weighted by atomic mass is 32.2. The van der Waals surface area contributed by atoms with E-state index in [4.69, 9.17) is 4.74 Å². The zero-order valence-corrected chi connectivity index (χ0v) is 20.5. The summed E-state index contributed by atoms with van der Waals surface area (Å²) in [5.74, 6) is -2.66. The molecule has 2 aromatic rings. The maximum absolute atomic E-state index is 14.3. The molecule has 1 aliphatic heterocycles. The summed E-state index contributed by atoms with van der Waals surface area (Å²) in [6, 6.07) is 6.09. The SMILES string of the molecule is COc1ccc(CC2NC(=O)CC(C(=O)N[C@@H](c3ccc(SC(F)(F)F)c(F)c3)C(C)C)N2)cc1F. The summed E-state index contributed by atoms with van der Waals surface area (Å²) in [6.07, 6.45) is -0.601. The van der Waals surface area contributed by atoms with Crippen molar-refractivity contribution in [1.82, 2.24) is 16.0 Å². The van der Waals surface area contributed by atoms with E-state index < -0.39 is 58.0 Å². The molecule has 0 spiro atoms. The van der Waals surface area contributed by atoms with Crippen LogP contribution in [0.3, 0.4) is 0 Å². The van der Waals surface area contributed by atoms with Crippen LogP contribution in [0.5, 0.6) is 5.75 Å². The molecule has 3 N–H and O–H groups in total. The van der Waals surface area contributed by atoms with Gasteiger partial charge in [-0.1, -0.05) is 26.0 Å². The smallest absolute Gasteiger partial charge is 0.446 e. The van der Waals surface area contributed by atoms with Gasteiger partial charge in [0.25, 0.3) is 0 Å². The number of rotatable bonds is 8. The predicted octanol–water partition coefficient (Wildman–Crippen LogP) is 4.45. The van der Waals surface area contributed by atoms with Gasteiger partial charge in [0, 0.05) is 6.42 Å². The molecule has 0 aliphatic carbocycles. The topological polar surface area (TPSA) is 79.5 Å². The largest absolute Gasteiger partial charge is 0.494 e. The number of amides is 2. The van der Waals surface area contributed by atoms with Gasteiger partial charge < -0.3 is 15.4 Å². The third kappa shape index (κ3) is 7.33. The molecule has 2 amide bonds. The quantitative estimate of drug-likeness (QED) is 0.347. The van der Waals surface area contributed by atoms with Crippen LogP contribution >= 0.6 is 11.8 Å². The monoisotopic (exact) mass is 531 g/mol. The standard InChI is InChI=1S/C24H26F5N3O3S/c1-12(2)22(14-5-7-19(16(26)10-14)36-24(27,28)29)32-23(34)17-11-21(33)31-20(30-17)9-13-4-6-18(35-3)15(25)8-13/h4-8,10,12,17,20,22,30H,9,11H2,1-3H3,(H,31,33)(H,32,34)/t17?,20?,22-/m1/s1. The van der Waals surface area contributed by atoms with Crippen molar-refractivity contribution in [3.63, 3.8) is 0 Å². The number of hydrogen-bond donors (Lipinski definition) is 3. The lowest BCUT2D eigenvalue weighted by atomic mass is 9.95. The molecule has 1 aliphatic rings. The van der Waals surface area contributed by atoms with Gasteiger partial charge in [-0.3, -0.25) is 14.9 Å². The van der Waals surface area contributed by atoms with Crippen molar-refractivity contribution < 1.29 is 36.3 Å². The number of methoxy groups -OCH3 is 1. The predicted molar refractivity (Wildman–Crippen MR) is 124 cm³/mol. The lowest BCUT2D eigenvalue weighted by Crippen LogP contribution is -2.61. The number of hydrogen-bond acceptors (Lipinski definition) is 5. The number of benzene rings is 2. The van der Waals surface area contributed by atoms with Crippen molar-refractivity contribution in [3.8, 4) is 5.75 Å². The third-order valence-electron chi connectivity index (χ3n) is 5.60. The first-order valence-corrected chi connectivity index (χ1v) is 11.9. The lowest BCUT2D eigenvalue weighted by Gasteiger charge is -2.33. The van der Waals surface area contributed by atoms with Crippen LogP contribution in [0.1, 0.15) is 37.4 Å². The fraction of sp³-hybridized carbons (Fsp3) is 0.417. The van der Waals surface area contributed by atoms with Gasteiger partial charge in [0.1, 0.15) is 5.82 Å². The molecule has 196 valence electrons. The van der Waals surface area contributed by atoms with Gasteiger partial charge in [-0.2, -0.15) is 13.2 Å². The van der Waals surface area contributed by atoms with Crippen LogP contribution in [0.4, 0.5) is 22.0 Å². The number of carbonyl (C=O) groups excluding carboxylic acids is 2. The van der Waals surface area contributed by atoms with Gasteiger partial charge in [0.2, 0.25) is 11.8 Å². The molecule has 3 rings (SSSR count). The molecule has 2 unspecified atom stereocenters. The fourth-order valence-electron chi connectivity index (χ4n) is 3.94. The highest BCUT2D eigenvalue weighted by Gasteiger charge is 2.34.